The molecule has 0 aliphatic heterocycles. The van der Waals surface area contributed by atoms with Gasteiger partial charge in [-0.2, -0.15) is 0 Å². The maximum atomic E-state index is 5.90. The largest absolute Gasteiger partial charge is 0.477 e. The second kappa shape index (κ2) is 6.70. The van der Waals surface area contributed by atoms with Gasteiger partial charge >= 0.3 is 0 Å². The molecule has 21 heavy (non-hydrogen) atoms. The van der Waals surface area contributed by atoms with Crippen molar-refractivity contribution in [2.24, 2.45) is 0 Å². The summed E-state index contributed by atoms with van der Waals surface area (Å²) < 4.78 is 5.90. The minimum Gasteiger partial charge on any atom is -0.477 e. The van der Waals surface area contributed by atoms with Gasteiger partial charge < -0.3 is 10.1 Å². The highest BCUT2D eigenvalue weighted by atomic mass is 32.1. The molecule has 0 aliphatic rings. The summed E-state index contributed by atoms with van der Waals surface area (Å²) in [7, 11) is 1.94. The molecule has 0 fully saturated rings. The zero-order valence-corrected chi connectivity index (χ0v) is 12.8. The molecule has 0 spiro atoms. The number of benzene rings is 1. The number of hydrogen-bond donors (Lipinski definition) is 1. The predicted molar refractivity (Wildman–Crippen MR) is 88.0 cm³/mol. The lowest BCUT2D eigenvalue weighted by molar-refractivity contribution is 0.314. The molecule has 3 rings (SSSR count). The molecule has 1 aromatic carbocycles. The van der Waals surface area contributed by atoms with E-state index in [0.29, 0.717) is 6.61 Å². The Labute approximate surface area is 128 Å². The smallest absolute Gasteiger partial charge is 0.221 e. The van der Waals surface area contributed by atoms with Crippen LogP contribution in [0, 0.1) is 0 Å². The predicted octanol–water partition coefficient (Wildman–Crippen LogP) is 3.64. The first-order valence-corrected chi connectivity index (χ1v) is 7.93. The third kappa shape index (κ3) is 3.23. The number of hydrogen-bond acceptors (Lipinski definition) is 4. The molecule has 0 saturated carbocycles. The molecule has 0 unspecified atom stereocenters. The highest BCUT2D eigenvalue weighted by Gasteiger charge is 2.07. The molecule has 0 radical (unpaired) electrons. The normalized spacial score (nSPS) is 10.9. The maximum absolute atomic E-state index is 5.90. The van der Waals surface area contributed by atoms with E-state index in [0.717, 1.165) is 24.2 Å². The van der Waals surface area contributed by atoms with Gasteiger partial charge in [0.05, 0.1) is 6.61 Å². The first-order chi connectivity index (χ1) is 10.4. The average molecular weight is 298 g/mol. The van der Waals surface area contributed by atoms with Crippen LogP contribution >= 0.6 is 11.3 Å². The van der Waals surface area contributed by atoms with Crippen molar-refractivity contribution in [2.45, 2.75) is 13.0 Å². The van der Waals surface area contributed by atoms with Crippen molar-refractivity contribution in [1.82, 2.24) is 10.3 Å². The van der Waals surface area contributed by atoms with Gasteiger partial charge in [-0.05, 0) is 35.5 Å². The minimum atomic E-state index is 0.656. The van der Waals surface area contributed by atoms with E-state index in [1.54, 1.807) is 11.3 Å². The van der Waals surface area contributed by atoms with Crippen molar-refractivity contribution >= 4 is 22.1 Å². The van der Waals surface area contributed by atoms with Crippen LogP contribution in [0.2, 0.25) is 0 Å². The summed E-state index contributed by atoms with van der Waals surface area (Å²) in [5, 5.41) is 7.55. The van der Waals surface area contributed by atoms with Crippen molar-refractivity contribution < 1.29 is 4.74 Å². The summed E-state index contributed by atoms with van der Waals surface area (Å²) in [5.41, 5.74) is 1.19. The highest BCUT2D eigenvalue weighted by molar-refractivity contribution is 7.09. The van der Waals surface area contributed by atoms with Crippen molar-refractivity contribution in [3.05, 3.63) is 58.4 Å². The number of pyridine rings is 1. The quantitative estimate of drug-likeness (QED) is 0.754. The van der Waals surface area contributed by atoms with Gasteiger partial charge in [-0.25, -0.2) is 4.98 Å². The number of fused-ring (bicyclic) bond motifs is 1. The monoisotopic (exact) mass is 298 g/mol. The van der Waals surface area contributed by atoms with Gasteiger partial charge in [-0.15, -0.1) is 11.3 Å². The maximum Gasteiger partial charge on any atom is 0.221 e. The summed E-state index contributed by atoms with van der Waals surface area (Å²) in [5.74, 6) is 0.724. The fraction of sp³-hybridized carbons (Fsp3) is 0.235. The Balaban J connectivity index is 1.80. The van der Waals surface area contributed by atoms with Crippen LogP contribution in [0.15, 0.2) is 48.0 Å². The van der Waals surface area contributed by atoms with E-state index < -0.39 is 0 Å². The lowest BCUT2D eigenvalue weighted by atomic mass is 10.1. The Bertz CT molecular complexity index is 710. The van der Waals surface area contributed by atoms with Gasteiger partial charge in [0.1, 0.15) is 0 Å². The van der Waals surface area contributed by atoms with E-state index >= 15 is 0 Å². The number of aromatic nitrogens is 1. The second-order valence-corrected chi connectivity index (χ2v) is 5.87. The van der Waals surface area contributed by atoms with Crippen molar-refractivity contribution in [2.75, 3.05) is 13.7 Å². The summed E-state index contributed by atoms with van der Waals surface area (Å²) in [6.07, 6.45) is 2.82. The van der Waals surface area contributed by atoms with Crippen LogP contribution in [0.3, 0.4) is 0 Å². The Hall–Kier alpha value is -1.91. The van der Waals surface area contributed by atoms with E-state index in [4.69, 9.17) is 4.74 Å². The van der Waals surface area contributed by atoms with Crippen molar-refractivity contribution in [3.8, 4) is 5.88 Å². The topological polar surface area (TPSA) is 34.2 Å². The first-order valence-electron chi connectivity index (χ1n) is 7.05. The van der Waals surface area contributed by atoms with Gasteiger partial charge in [0, 0.05) is 29.4 Å². The van der Waals surface area contributed by atoms with Gasteiger partial charge in [0.25, 0.3) is 0 Å². The van der Waals surface area contributed by atoms with Crippen molar-refractivity contribution in [3.63, 3.8) is 0 Å². The summed E-state index contributed by atoms with van der Waals surface area (Å²) in [4.78, 5) is 5.82. The molecule has 2 heterocycles. The molecule has 0 aliphatic carbocycles. The molecule has 2 aromatic heterocycles. The van der Waals surface area contributed by atoms with Crippen LogP contribution in [0.25, 0.3) is 10.8 Å². The van der Waals surface area contributed by atoms with Gasteiger partial charge in [0.2, 0.25) is 5.88 Å². The Morgan fingerprint density at radius 2 is 2.00 bits per heavy atom. The molecule has 3 aromatic rings. The Kier molecular flexibility index (Phi) is 4.48. The third-order valence-corrected chi connectivity index (χ3v) is 4.31. The Morgan fingerprint density at radius 3 is 2.76 bits per heavy atom. The van der Waals surface area contributed by atoms with Crippen LogP contribution in [0.4, 0.5) is 0 Å². The number of nitrogens with zero attached hydrogens (tertiary/aromatic N) is 1. The molecule has 4 heteroatoms. The summed E-state index contributed by atoms with van der Waals surface area (Å²) >= 11 is 1.76. The van der Waals surface area contributed by atoms with Crippen molar-refractivity contribution in [1.29, 1.82) is 0 Å². The zero-order chi connectivity index (χ0) is 14.5. The van der Waals surface area contributed by atoms with Gasteiger partial charge in [0.15, 0.2) is 0 Å². The number of thiophene rings is 1. The fourth-order valence-electron chi connectivity index (χ4n) is 2.37. The molecule has 3 nitrogen and oxygen atoms in total. The molecular formula is C17H18N2OS. The molecule has 1 N–H and O–H groups in total. The van der Waals surface area contributed by atoms with Crippen LogP contribution in [0.1, 0.15) is 10.4 Å². The SMILES string of the molecule is CNCc1cnc(OCCc2cccs2)c2ccccc12. The lowest BCUT2D eigenvalue weighted by Crippen LogP contribution is -2.07. The Morgan fingerprint density at radius 1 is 1.14 bits per heavy atom. The van der Waals surface area contributed by atoms with Crippen LogP contribution in [-0.4, -0.2) is 18.6 Å². The summed E-state index contributed by atoms with van der Waals surface area (Å²) in [6.45, 7) is 1.46. The van der Waals surface area contributed by atoms with E-state index in [-0.39, 0.29) is 0 Å². The molecule has 0 bridgehead atoms. The third-order valence-electron chi connectivity index (χ3n) is 3.38. The standard InChI is InChI=1S/C17H18N2OS/c1-18-11-13-12-19-17(16-7-3-2-6-15(13)16)20-9-8-14-5-4-10-21-14/h2-7,10,12,18H,8-9,11H2,1H3. The molecule has 0 atom stereocenters. The van der Waals surface area contributed by atoms with Crippen LogP contribution < -0.4 is 10.1 Å². The molecule has 0 saturated heterocycles. The minimum absolute atomic E-state index is 0.656. The van der Waals surface area contributed by atoms with E-state index in [1.807, 2.05) is 19.3 Å². The van der Waals surface area contributed by atoms with Gasteiger partial charge in [-0.1, -0.05) is 24.3 Å². The number of rotatable bonds is 6. The number of nitrogens with one attached hydrogen (secondary N) is 1. The first kappa shape index (κ1) is 14.0. The number of ether oxygens (including phenoxy) is 1. The van der Waals surface area contributed by atoms with Crippen LogP contribution in [0.5, 0.6) is 5.88 Å². The van der Waals surface area contributed by atoms with E-state index in [2.05, 4.69) is 46.0 Å². The second-order valence-electron chi connectivity index (χ2n) is 4.84. The average Bonchev–Trinajstić information content (AvgIpc) is 3.03. The summed E-state index contributed by atoms with van der Waals surface area (Å²) in [6, 6.07) is 12.5. The van der Waals surface area contributed by atoms with Crippen LogP contribution in [-0.2, 0) is 13.0 Å². The van der Waals surface area contributed by atoms with E-state index in [1.165, 1.54) is 15.8 Å². The molecule has 0 amide bonds. The van der Waals surface area contributed by atoms with E-state index in [9.17, 15) is 0 Å². The van der Waals surface area contributed by atoms with Gasteiger partial charge in [-0.3, -0.25) is 0 Å². The molecule has 108 valence electrons. The lowest BCUT2D eigenvalue weighted by Gasteiger charge is -2.11. The zero-order valence-electron chi connectivity index (χ0n) is 12.0. The molecular weight excluding hydrogens is 280 g/mol. The highest BCUT2D eigenvalue weighted by Crippen LogP contribution is 2.26. The fourth-order valence-corrected chi connectivity index (χ4v) is 3.06.